The van der Waals surface area contributed by atoms with E-state index >= 15 is 0 Å². The summed E-state index contributed by atoms with van der Waals surface area (Å²) in [4.78, 5) is 26.1. The molecule has 1 aromatic carbocycles. The lowest BCUT2D eigenvalue weighted by Crippen LogP contribution is -2.31. The van der Waals surface area contributed by atoms with Crippen LogP contribution in [0.1, 0.15) is 13.3 Å². The molecule has 0 radical (unpaired) electrons. The summed E-state index contributed by atoms with van der Waals surface area (Å²) in [6, 6.07) is 4.35. The van der Waals surface area contributed by atoms with Crippen molar-refractivity contribution in [3.05, 3.63) is 35.4 Å². The fraction of sp³-hybridized carbons (Fsp3) is 0.333. The molecule has 0 saturated carbocycles. The van der Waals surface area contributed by atoms with E-state index in [-0.39, 0.29) is 41.0 Å². The van der Waals surface area contributed by atoms with Crippen molar-refractivity contribution in [1.29, 1.82) is 0 Å². The van der Waals surface area contributed by atoms with E-state index in [0.29, 0.717) is 11.4 Å². The van der Waals surface area contributed by atoms with Gasteiger partial charge in [0.25, 0.3) is 0 Å². The van der Waals surface area contributed by atoms with Crippen molar-refractivity contribution < 1.29 is 14.7 Å². The lowest BCUT2D eigenvalue weighted by atomic mass is 9.78. The van der Waals surface area contributed by atoms with Crippen molar-refractivity contribution in [2.75, 3.05) is 4.90 Å². The second kappa shape index (κ2) is 4.63. The van der Waals surface area contributed by atoms with E-state index in [1.165, 1.54) is 18.2 Å². The molecule has 0 aromatic heterocycles. The van der Waals surface area contributed by atoms with Crippen LogP contribution < -0.4 is 4.90 Å². The van der Waals surface area contributed by atoms with Gasteiger partial charge < -0.3 is 5.11 Å². The first-order valence-corrected chi connectivity index (χ1v) is 6.91. The topological polar surface area (TPSA) is 57.6 Å². The third-order valence-electron chi connectivity index (χ3n) is 4.05. The van der Waals surface area contributed by atoms with Crippen LogP contribution in [0.5, 0.6) is 5.75 Å². The highest BCUT2D eigenvalue weighted by Gasteiger charge is 2.50. The van der Waals surface area contributed by atoms with Crippen LogP contribution in [-0.4, -0.2) is 16.9 Å². The molecule has 4 nitrogen and oxygen atoms in total. The summed E-state index contributed by atoms with van der Waals surface area (Å²) in [5.41, 5.74) is 0.175. The molecule has 0 unspecified atom stereocenters. The smallest absolute Gasteiger partial charge is 0.238 e. The number of carbonyl (C=O) groups is 2. The van der Waals surface area contributed by atoms with Gasteiger partial charge in [0.1, 0.15) is 5.75 Å². The Bertz CT molecular complexity index is 626. The summed E-state index contributed by atoms with van der Waals surface area (Å²) in [7, 11) is 0. The number of anilines is 1. The molecule has 0 spiro atoms. The Morgan fingerprint density at radius 2 is 2.05 bits per heavy atom. The number of hydrogen-bond acceptors (Lipinski definition) is 3. The lowest BCUT2D eigenvalue weighted by molar-refractivity contribution is -0.122. The molecule has 20 heavy (non-hydrogen) atoms. The second-order valence-electron chi connectivity index (χ2n) is 5.30. The number of benzene rings is 1. The van der Waals surface area contributed by atoms with Crippen LogP contribution in [0.15, 0.2) is 30.4 Å². The highest BCUT2D eigenvalue weighted by Crippen LogP contribution is 2.43. The highest BCUT2D eigenvalue weighted by molar-refractivity contribution is 6.31. The number of amides is 2. The number of imide groups is 1. The summed E-state index contributed by atoms with van der Waals surface area (Å²) in [5.74, 6) is -1.28. The van der Waals surface area contributed by atoms with Crippen molar-refractivity contribution in [2.45, 2.75) is 13.3 Å². The highest BCUT2D eigenvalue weighted by atomic mass is 35.5. The van der Waals surface area contributed by atoms with E-state index in [9.17, 15) is 14.7 Å². The number of hydrogen-bond donors (Lipinski definition) is 1. The van der Waals surface area contributed by atoms with Crippen molar-refractivity contribution >= 4 is 29.1 Å². The van der Waals surface area contributed by atoms with Gasteiger partial charge in [0.2, 0.25) is 11.8 Å². The molecule has 5 heteroatoms. The quantitative estimate of drug-likeness (QED) is 0.639. The van der Waals surface area contributed by atoms with Crippen LogP contribution in [-0.2, 0) is 9.59 Å². The first-order chi connectivity index (χ1) is 9.50. The monoisotopic (exact) mass is 291 g/mol. The number of allylic oxidation sites excluding steroid dienone is 2. The zero-order valence-corrected chi connectivity index (χ0v) is 11.7. The molecule has 104 valence electrons. The van der Waals surface area contributed by atoms with Gasteiger partial charge in [0.05, 0.1) is 17.5 Å². The SMILES string of the molecule is C[C@@H]1C=CC[C@@H]2C(=O)N(c3cc(Cl)ccc3O)C(=O)[C@H]12. The van der Waals surface area contributed by atoms with E-state index in [1.807, 2.05) is 19.1 Å². The summed E-state index contributed by atoms with van der Waals surface area (Å²) in [6.45, 7) is 1.93. The minimum Gasteiger partial charge on any atom is -0.506 e. The molecule has 2 aliphatic rings. The Kier molecular flexibility index (Phi) is 3.05. The van der Waals surface area contributed by atoms with Gasteiger partial charge in [0.15, 0.2) is 0 Å². The van der Waals surface area contributed by atoms with Crippen LogP contribution in [0.2, 0.25) is 5.02 Å². The second-order valence-corrected chi connectivity index (χ2v) is 5.74. The minimum absolute atomic E-state index is 0.0246. The number of phenols is 1. The van der Waals surface area contributed by atoms with Gasteiger partial charge in [0, 0.05) is 5.02 Å². The molecule has 1 aromatic rings. The number of nitrogens with zero attached hydrogens (tertiary/aromatic N) is 1. The molecule has 3 rings (SSSR count). The molecule has 1 aliphatic heterocycles. The lowest BCUT2D eigenvalue weighted by Gasteiger charge is -2.22. The van der Waals surface area contributed by atoms with Crippen LogP contribution in [0.25, 0.3) is 0 Å². The van der Waals surface area contributed by atoms with Gasteiger partial charge in [-0.25, -0.2) is 4.90 Å². The third kappa shape index (κ3) is 1.83. The third-order valence-corrected chi connectivity index (χ3v) is 4.29. The van der Waals surface area contributed by atoms with E-state index in [4.69, 9.17) is 11.6 Å². The van der Waals surface area contributed by atoms with E-state index in [1.54, 1.807) is 0 Å². The van der Waals surface area contributed by atoms with Crippen molar-refractivity contribution in [2.24, 2.45) is 17.8 Å². The average molecular weight is 292 g/mol. The fourth-order valence-corrected chi connectivity index (χ4v) is 3.23. The molecule has 1 fully saturated rings. The Morgan fingerprint density at radius 3 is 2.75 bits per heavy atom. The molecule has 0 bridgehead atoms. The van der Waals surface area contributed by atoms with Gasteiger partial charge >= 0.3 is 0 Å². The Labute approximate surface area is 121 Å². The average Bonchev–Trinajstić information content (AvgIpc) is 2.66. The number of fused-ring (bicyclic) bond motifs is 1. The molecular formula is C15H14ClNO3. The normalized spacial score (nSPS) is 28.9. The van der Waals surface area contributed by atoms with Crippen molar-refractivity contribution in [1.82, 2.24) is 0 Å². The first kappa shape index (κ1) is 13.2. The number of halogens is 1. The molecule has 1 heterocycles. The molecule has 2 amide bonds. The largest absolute Gasteiger partial charge is 0.506 e. The number of phenolic OH excluding ortho intramolecular Hbond substituents is 1. The Morgan fingerprint density at radius 1 is 1.30 bits per heavy atom. The van der Waals surface area contributed by atoms with Crippen molar-refractivity contribution in [3.63, 3.8) is 0 Å². The van der Waals surface area contributed by atoms with Crippen LogP contribution >= 0.6 is 11.6 Å². The van der Waals surface area contributed by atoms with Gasteiger partial charge in [-0.05, 0) is 30.5 Å². The molecular weight excluding hydrogens is 278 g/mol. The van der Waals surface area contributed by atoms with Crippen LogP contribution in [0.4, 0.5) is 5.69 Å². The number of carbonyl (C=O) groups excluding carboxylic acids is 2. The summed E-state index contributed by atoms with van der Waals surface area (Å²) in [6.07, 6.45) is 4.48. The van der Waals surface area contributed by atoms with E-state index in [2.05, 4.69) is 0 Å². The van der Waals surface area contributed by atoms with Gasteiger partial charge in [-0.15, -0.1) is 0 Å². The summed E-state index contributed by atoms with van der Waals surface area (Å²) < 4.78 is 0. The van der Waals surface area contributed by atoms with Crippen LogP contribution in [0, 0.1) is 17.8 Å². The number of aromatic hydroxyl groups is 1. The van der Waals surface area contributed by atoms with Crippen molar-refractivity contribution in [3.8, 4) is 5.75 Å². The van der Waals surface area contributed by atoms with Gasteiger partial charge in [-0.2, -0.15) is 0 Å². The number of rotatable bonds is 1. The van der Waals surface area contributed by atoms with Crippen LogP contribution in [0.3, 0.4) is 0 Å². The maximum absolute atomic E-state index is 12.5. The first-order valence-electron chi connectivity index (χ1n) is 6.53. The van der Waals surface area contributed by atoms with E-state index < -0.39 is 0 Å². The summed E-state index contributed by atoms with van der Waals surface area (Å²) >= 11 is 5.90. The molecule has 1 N–H and O–H groups in total. The summed E-state index contributed by atoms with van der Waals surface area (Å²) in [5, 5.41) is 10.3. The van der Waals surface area contributed by atoms with E-state index in [0.717, 1.165) is 4.90 Å². The molecule has 3 atom stereocenters. The van der Waals surface area contributed by atoms with Gasteiger partial charge in [-0.1, -0.05) is 30.7 Å². The molecule has 1 aliphatic carbocycles. The minimum atomic E-state index is -0.342. The standard InChI is InChI=1S/C15H14ClNO3/c1-8-3-2-4-10-13(8)15(20)17(14(10)19)11-7-9(16)5-6-12(11)18/h2-3,5-8,10,13,18H,4H2,1H3/t8-,10+,13-/m1/s1. The zero-order chi connectivity index (χ0) is 14.4. The predicted octanol–water partition coefficient (Wildman–Crippen LogP) is 2.75. The maximum atomic E-state index is 12.5. The zero-order valence-electron chi connectivity index (χ0n) is 10.9. The Balaban J connectivity index is 2.06. The predicted molar refractivity (Wildman–Crippen MR) is 75.5 cm³/mol. The van der Waals surface area contributed by atoms with Gasteiger partial charge in [-0.3, -0.25) is 9.59 Å². The Hall–Kier alpha value is -1.81. The maximum Gasteiger partial charge on any atom is 0.238 e. The molecule has 1 saturated heterocycles. The fourth-order valence-electron chi connectivity index (χ4n) is 3.06.